The molecule has 318 valence electrons. The smallest absolute Gasteiger partial charge is 0.393 e. The number of aromatic nitrogens is 4. The van der Waals surface area contributed by atoms with Crippen molar-refractivity contribution in [2.45, 2.75) is 69.9 Å². The standard InChI is InChI=1S/C26H45N8O18P3S/c1-26(2,21(39)24(40)30-6-4-16(36)29-7-8-56-17(37)9-14(35)3-5-27)11-49-55(46,47)52-54(44,45)48-10-15-20(51-53(41,42)43)19(38)25(50-15)34-13-33-18-22(28)31-12-32-23(18)34/h12-15,19-21,25,35,38-39H,3-11,27H2,1-2H3,(H,29,36)(H,30,40)(H,44,45)(H,46,47)(H2,28,31,32)(H2,41,42,43)/t14?,15-,19-,20-,21+,25-/m1/s1. The molecule has 1 aliphatic rings. The topological polar surface area (TPSA) is 410 Å². The molecule has 1 saturated heterocycles. The summed E-state index contributed by atoms with van der Waals surface area (Å²) in [7, 11) is -16.4. The maximum Gasteiger partial charge on any atom is 0.481 e. The van der Waals surface area contributed by atoms with Crippen molar-refractivity contribution in [3.63, 3.8) is 0 Å². The van der Waals surface area contributed by atoms with Gasteiger partial charge in [-0.15, -0.1) is 0 Å². The first-order chi connectivity index (χ1) is 25.9. The summed E-state index contributed by atoms with van der Waals surface area (Å²) in [6.45, 7) is 0.554. The second-order valence-electron chi connectivity index (χ2n) is 12.7. The molecule has 13 N–H and O–H groups in total. The number of nitrogen functional groups attached to an aromatic ring is 1. The number of imidazole rings is 1. The summed E-state index contributed by atoms with van der Waals surface area (Å²) in [5.41, 5.74) is 9.55. The number of ether oxygens (including phenoxy) is 1. The lowest BCUT2D eigenvalue weighted by molar-refractivity contribution is -0.137. The van der Waals surface area contributed by atoms with E-state index in [1.54, 1.807) is 0 Å². The van der Waals surface area contributed by atoms with Crippen LogP contribution >= 0.6 is 35.2 Å². The molecule has 1 fully saturated rings. The highest BCUT2D eigenvalue weighted by Gasteiger charge is 2.50. The van der Waals surface area contributed by atoms with Crippen LogP contribution in [0.1, 0.15) is 39.3 Å². The Bertz CT molecular complexity index is 1820. The van der Waals surface area contributed by atoms with Gasteiger partial charge in [0.1, 0.15) is 36.3 Å². The molecule has 3 heterocycles. The third-order valence-corrected chi connectivity index (χ3v) is 11.7. The number of nitrogens with one attached hydrogen (secondary N) is 2. The maximum atomic E-state index is 12.7. The fourth-order valence-electron chi connectivity index (χ4n) is 4.84. The number of carbonyl (C=O) groups excluding carboxylic acids is 3. The zero-order valence-corrected chi connectivity index (χ0v) is 33.3. The van der Waals surface area contributed by atoms with Gasteiger partial charge in [0.2, 0.25) is 11.8 Å². The van der Waals surface area contributed by atoms with Gasteiger partial charge in [-0.25, -0.2) is 28.6 Å². The molecule has 26 nitrogen and oxygen atoms in total. The average molecular weight is 883 g/mol. The predicted octanol–water partition coefficient (Wildman–Crippen LogP) is -2.24. The second kappa shape index (κ2) is 20.4. The third-order valence-electron chi connectivity index (χ3n) is 7.67. The van der Waals surface area contributed by atoms with E-state index in [1.807, 2.05) is 0 Å². The summed E-state index contributed by atoms with van der Waals surface area (Å²) in [5.74, 6) is -1.30. The van der Waals surface area contributed by atoms with E-state index >= 15 is 0 Å². The first-order valence-corrected chi connectivity index (χ1v) is 21.9. The van der Waals surface area contributed by atoms with E-state index in [4.69, 9.17) is 25.3 Å². The predicted molar refractivity (Wildman–Crippen MR) is 191 cm³/mol. The average Bonchev–Trinajstić information content (AvgIpc) is 3.64. The molecule has 0 saturated carbocycles. The summed E-state index contributed by atoms with van der Waals surface area (Å²) in [5, 5.41) is 35.6. The Kier molecular flexibility index (Phi) is 17.5. The number of nitrogens with zero attached hydrogens (tertiary/aromatic N) is 4. The molecule has 30 heteroatoms. The van der Waals surface area contributed by atoms with Gasteiger partial charge in [0.15, 0.2) is 22.8 Å². The Hall–Kier alpha value is -2.52. The maximum absolute atomic E-state index is 12.7. The van der Waals surface area contributed by atoms with E-state index in [0.717, 1.165) is 29.0 Å². The molecular formula is C26H45N8O18P3S. The quantitative estimate of drug-likeness (QED) is 0.0415. The molecule has 2 aromatic heterocycles. The molecule has 56 heavy (non-hydrogen) atoms. The zero-order chi connectivity index (χ0) is 42.1. The van der Waals surface area contributed by atoms with Gasteiger partial charge in [0.05, 0.1) is 25.6 Å². The van der Waals surface area contributed by atoms with Crippen LogP contribution in [0.25, 0.3) is 11.2 Å². The lowest BCUT2D eigenvalue weighted by Crippen LogP contribution is -2.46. The van der Waals surface area contributed by atoms with Crippen molar-refractivity contribution in [2.75, 3.05) is 44.3 Å². The van der Waals surface area contributed by atoms with Crippen molar-refractivity contribution in [1.82, 2.24) is 30.2 Å². The van der Waals surface area contributed by atoms with Crippen LogP contribution in [0.5, 0.6) is 0 Å². The molecule has 2 amide bonds. The van der Waals surface area contributed by atoms with Crippen molar-refractivity contribution in [3.05, 3.63) is 12.7 Å². The number of nitrogens with two attached hydrogens (primary N) is 2. The minimum Gasteiger partial charge on any atom is -0.393 e. The summed E-state index contributed by atoms with van der Waals surface area (Å²) in [4.78, 5) is 87.3. The van der Waals surface area contributed by atoms with Gasteiger partial charge in [0.25, 0.3) is 0 Å². The van der Waals surface area contributed by atoms with E-state index in [-0.39, 0.29) is 66.7 Å². The Morgan fingerprint density at radius 2 is 1.73 bits per heavy atom. The number of phosphoric acid groups is 3. The second-order valence-corrected chi connectivity index (χ2v) is 18.1. The SMILES string of the molecule is CC(C)(COP(=O)(O)OP(=O)(O)OC[C@H]1O[C@@H](n2cnc3c(N)ncnc32)[C@H](O)[C@@H]1OP(=O)(O)O)[C@@H](O)C(=O)NCCC(=O)NCCSC(=O)CC(O)CCN. The molecule has 0 bridgehead atoms. The highest BCUT2D eigenvalue weighted by molar-refractivity contribution is 8.13. The highest BCUT2D eigenvalue weighted by Crippen LogP contribution is 2.61. The molecule has 2 aromatic rings. The lowest BCUT2D eigenvalue weighted by Gasteiger charge is -2.30. The van der Waals surface area contributed by atoms with Crippen molar-refractivity contribution in [2.24, 2.45) is 11.1 Å². The van der Waals surface area contributed by atoms with E-state index in [2.05, 4.69) is 34.4 Å². The fourth-order valence-corrected chi connectivity index (χ4v) is 8.41. The summed E-state index contributed by atoms with van der Waals surface area (Å²) in [6, 6.07) is 0. The molecule has 3 rings (SSSR count). The van der Waals surface area contributed by atoms with Crippen LogP contribution in [-0.4, -0.2) is 140 Å². The summed E-state index contributed by atoms with van der Waals surface area (Å²) >= 11 is 0.924. The van der Waals surface area contributed by atoms with Crippen LogP contribution < -0.4 is 22.1 Å². The van der Waals surface area contributed by atoms with Crippen LogP contribution in [-0.2, 0) is 50.7 Å². The van der Waals surface area contributed by atoms with Crippen LogP contribution in [0.3, 0.4) is 0 Å². The van der Waals surface area contributed by atoms with Crippen molar-refractivity contribution >= 4 is 69.1 Å². The van der Waals surface area contributed by atoms with Crippen molar-refractivity contribution in [1.29, 1.82) is 0 Å². The number of hydrogen-bond acceptors (Lipinski definition) is 20. The fraction of sp³-hybridized carbons (Fsp3) is 0.692. The first kappa shape index (κ1) is 47.9. The number of carbonyl (C=O) groups is 3. The number of anilines is 1. The number of thioether (sulfide) groups is 1. The molecule has 0 radical (unpaired) electrons. The lowest BCUT2D eigenvalue weighted by atomic mass is 9.87. The van der Waals surface area contributed by atoms with Crippen LogP contribution in [0.2, 0.25) is 0 Å². The normalized spacial score (nSPS) is 22.2. The molecule has 8 atom stereocenters. The Labute approximate surface area is 322 Å². The van der Waals surface area contributed by atoms with E-state index in [0.29, 0.717) is 0 Å². The number of aliphatic hydroxyl groups is 3. The highest BCUT2D eigenvalue weighted by atomic mass is 32.2. The number of rotatable bonds is 23. The van der Waals surface area contributed by atoms with E-state index in [1.165, 1.54) is 13.8 Å². The number of aliphatic hydroxyl groups excluding tert-OH is 3. The van der Waals surface area contributed by atoms with Crippen molar-refractivity contribution < 1.29 is 85.6 Å². The first-order valence-electron chi connectivity index (χ1n) is 16.4. The molecule has 1 aliphatic heterocycles. The molecule has 3 unspecified atom stereocenters. The molecule has 0 aliphatic carbocycles. The van der Waals surface area contributed by atoms with Crippen molar-refractivity contribution in [3.8, 4) is 0 Å². The Morgan fingerprint density at radius 3 is 2.39 bits per heavy atom. The largest absolute Gasteiger partial charge is 0.481 e. The minimum atomic E-state index is -5.58. The Morgan fingerprint density at radius 1 is 1.05 bits per heavy atom. The molecule has 0 spiro atoms. The number of amides is 2. The van der Waals surface area contributed by atoms with Crippen LogP contribution in [0, 0.1) is 5.41 Å². The minimum absolute atomic E-state index is 0.0240. The van der Waals surface area contributed by atoms with Crippen LogP contribution in [0.15, 0.2) is 12.7 Å². The summed E-state index contributed by atoms with van der Waals surface area (Å²) < 4.78 is 62.0. The Balaban J connectivity index is 1.48. The van der Waals surface area contributed by atoms with Gasteiger partial charge in [-0.05, 0) is 13.0 Å². The number of phosphoric ester groups is 3. The summed E-state index contributed by atoms with van der Waals surface area (Å²) in [6.07, 6.45) is -7.65. The zero-order valence-electron chi connectivity index (χ0n) is 29.8. The van der Waals surface area contributed by atoms with Gasteiger partial charge < -0.3 is 61.7 Å². The number of fused-ring (bicyclic) bond motifs is 1. The van der Waals surface area contributed by atoms with Crippen LogP contribution in [0.4, 0.5) is 5.82 Å². The number of hydrogen-bond donors (Lipinski definition) is 11. The van der Waals surface area contributed by atoms with Gasteiger partial charge in [0, 0.05) is 37.1 Å². The third kappa shape index (κ3) is 14.7. The van der Waals surface area contributed by atoms with Gasteiger partial charge in [-0.1, -0.05) is 25.6 Å². The monoisotopic (exact) mass is 882 g/mol. The van der Waals surface area contributed by atoms with Gasteiger partial charge in [-0.2, -0.15) is 4.31 Å². The molecule has 0 aromatic carbocycles. The molecular weight excluding hydrogens is 837 g/mol. The van der Waals surface area contributed by atoms with E-state index in [9.17, 15) is 63.0 Å². The van der Waals surface area contributed by atoms with Gasteiger partial charge in [-0.3, -0.25) is 32.5 Å². The van der Waals surface area contributed by atoms with E-state index < -0.39 is 90.7 Å². The van der Waals surface area contributed by atoms with Gasteiger partial charge >= 0.3 is 23.5 Å².